The van der Waals surface area contributed by atoms with Crippen molar-refractivity contribution >= 4 is 53.3 Å². The molecule has 0 rings (SSSR count). The zero-order valence-corrected chi connectivity index (χ0v) is 9.20. The number of aliphatic carboxylic acids is 1. The molecule has 1 N–H and O–H groups in total. The summed E-state index contributed by atoms with van der Waals surface area (Å²) in [5.41, 5.74) is 0. The van der Waals surface area contributed by atoms with Gasteiger partial charge < -0.3 is 5.11 Å². The molecule has 40 valence electrons. The van der Waals surface area contributed by atoms with Crippen LogP contribution >= 0.6 is 19.4 Å². The molecule has 2 nitrogen and oxygen atoms in total. The molecule has 0 radical (unpaired) electrons. The normalized spacial score (nSPS) is 5.00. The van der Waals surface area contributed by atoms with Crippen molar-refractivity contribution in [1.29, 1.82) is 0 Å². The SMILES string of the molecule is CC(=O)O.[Br][Ca][Br]. The van der Waals surface area contributed by atoms with E-state index in [-0.39, 0.29) is 28.0 Å². The zero-order chi connectivity index (χ0) is 6.28. The Labute approximate surface area is 68.9 Å². The van der Waals surface area contributed by atoms with Crippen LogP contribution in [0, 0.1) is 0 Å². The van der Waals surface area contributed by atoms with Crippen LogP contribution in [0.1, 0.15) is 6.92 Å². The third-order valence-corrected chi connectivity index (χ3v) is 0. The summed E-state index contributed by atoms with van der Waals surface area (Å²) in [6, 6.07) is 0. The second kappa shape index (κ2) is 10.6. The van der Waals surface area contributed by atoms with Crippen molar-refractivity contribution in [2.24, 2.45) is 0 Å². The Balaban J connectivity index is 0. The van der Waals surface area contributed by atoms with Gasteiger partial charge >= 0.3 is 47.4 Å². The first-order valence-corrected chi connectivity index (χ1v) is 12.4. The van der Waals surface area contributed by atoms with Crippen molar-refractivity contribution in [3.63, 3.8) is 0 Å². The molecular formula is C2H4Br2CaO2. The Bertz CT molecular complexity index is 45.0. The summed E-state index contributed by atoms with van der Waals surface area (Å²) >= 11 is -0.250. The van der Waals surface area contributed by atoms with Gasteiger partial charge in [0.25, 0.3) is 5.97 Å². The maximum atomic E-state index is 9.00. The molecule has 0 saturated carbocycles. The van der Waals surface area contributed by atoms with Crippen LogP contribution in [0.15, 0.2) is 0 Å². The van der Waals surface area contributed by atoms with Crippen LogP contribution in [0.25, 0.3) is 0 Å². The van der Waals surface area contributed by atoms with Crippen molar-refractivity contribution in [1.82, 2.24) is 0 Å². The third kappa shape index (κ3) is 87.2. The second-order valence-corrected chi connectivity index (χ2v) is 11.8. The Hall–Kier alpha value is 1.69. The van der Waals surface area contributed by atoms with Gasteiger partial charge in [-0.15, -0.1) is 0 Å². The van der Waals surface area contributed by atoms with Crippen LogP contribution in [0.4, 0.5) is 0 Å². The number of hydrogen-bond donors (Lipinski definition) is 1. The van der Waals surface area contributed by atoms with E-state index in [0.717, 1.165) is 6.92 Å². The van der Waals surface area contributed by atoms with Crippen molar-refractivity contribution in [2.45, 2.75) is 6.92 Å². The van der Waals surface area contributed by atoms with Gasteiger partial charge in [-0.05, 0) is 0 Å². The zero-order valence-electron chi connectivity index (χ0n) is 3.82. The fourth-order valence-electron chi connectivity index (χ4n) is 0. The van der Waals surface area contributed by atoms with Gasteiger partial charge in [-0.2, -0.15) is 0 Å². The van der Waals surface area contributed by atoms with Crippen LogP contribution < -0.4 is 0 Å². The van der Waals surface area contributed by atoms with E-state index < -0.39 is 5.97 Å². The van der Waals surface area contributed by atoms with E-state index in [2.05, 4.69) is 19.4 Å². The van der Waals surface area contributed by atoms with E-state index in [9.17, 15) is 0 Å². The summed E-state index contributed by atoms with van der Waals surface area (Å²) in [5, 5.41) is 7.42. The Morgan fingerprint density at radius 1 is 1.71 bits per heavy atom. The van der Waals surface area contributed by atoms with Gasteiger partial charge in [0.15, 0.2) is 0 Å². The molecule has 0 heterocycles. The Morgan fingerprint density at radius 3 is 1.71 bits per heavy atom. The molecule has 0 aromatic heterocycles. The molecule has 0 aromatic carbocycles. The van der Waals surface area contributed by atoms with E-state index in [1.165, 1.54) is 0 Å². The van der Waals surface area contributed by atoms with Crippen molar-refractivity contribution in [3.8, 4) is 0 Å². The minimum absolute atomic E-state index is 0.250. The molecule has 0 aliphatic rings. The van der Waals surface area contributed by atoms with E-state index in [4.69, 9.17) is 9.90 Å². The van der Waals surface area contributed by atoms with Crippen LogP contribution in [-0.2, 0) is 4.79 Å². The van der Waals surface area contributed by atoms with E-state index in [0.29, 0.717) is 0 Å². The number of carboxylic acid groups (broad SMARTS) is 1. The number of rotatable bonds is 0. The number of carboxylic acids is 1. The van der Waals surface area contributed by atoms with Gasteiger partial charge in [0.2, 0.25) is 0 Å². The fourth-order valence-corrected chi connectivity index (χ4v) is 0. The number of halogens is 2. The summed E-state index contributed by atoms with van der Waals surface area (Å²) in [6.45, 7) is 1.08. The summed E-state index contributed by atoms with van der Waals surface area (Å²) in [7, 11) is 6.50. The average molecular weight is 260 g/mol. The van der Waals surface area contributed by atoms with Crippen LogP contribution in [0.2, 0.25) is 0 Å². The molecule has 0 atom stereocenters. The molecule has 5 heteroatoms. The van der Waals surface area contributed by atoms with Crippen molar-refractivity contribution in [3.05, 3.63) is 0 Å². The monoisotopic (exact) mass is 258 g/mol. The first kappa shape index (κ1) is 11.5. The molecule has 0 aliphatic heterocycles. The molecular weight excluding hydrogens is 256 g/mol. The summed E-state index contributed by atoms with van der Waals surface area (Å²) in [6.07, 6.45) is 0. The van der Waals surface area contributed by atoms with Crippen molar-refractivity contribution in [2.75, 3.05) is 0 Å². The fraction of sp³-hybridized carbons (Fsp3) is 0.500. The second-order valence-electron chi connectivity index (χ2n) is 0.620. The standard InChI is InChI=1S/C2H4O2.2BrH.Ca/c1-2(3)4;;;/h1H3,(H,3,4);2*1H;/q;;;+2/p-2. The summed E-state index contributed by atoms with van der Waals surface area (Å²) in [4.78, 5) is 9.00. The van der Waals surface area contributed by atoms with Gasteiger partial charge in [-0.3, -0.25) is 4.79 Å². The first-order chi connectivity index (χ1) is 3.15. The number of hydrogen-bond acceptors (Lipinski definition) is 1. The Kier molecular flexibility index (Phi) is 17.4. The van der Waals surface area contributed by atoms with E-state index in [1.54, 1.807) is 0 Å². The van der Waals surface area contributed by atoms with Gasteiger partial charge in [0.05, 0.1) is 0 Å². The van der Waals surface area contributed by atoms with E-state index in [1.807, 2.05) is 0 Å². The molecule has 0 amide bonds. The van der Waals surface area contributed by atoms with Crippen molar-refractivity contribution < 1.29 is 9.90 Å². The molecule has 0 unspecified atom stereocenters. The molecule has 0 aliphatic carbocycles. The molecule has 0 saturated heterocycles. The predicted octanol–water partition coefficient (Wildman–Crippen LogP) is 1.40. The molecule has 7 heavy (non-hydrogen) atoms. The summed E-state index contributed by atoms with van der Waals surface area (Å²) in [5.74, 6) is -0.833. The first-order valence-electron chi connectivity index (χ1n) is 1.46. The minimum atomic E-state index is -0.833. The average Bonchev–Trinajstić information content (AvgIpc) is 1.33. The van der Waals surface area contributed by atoms with Gasteiger partial charge in [0.1, 0.15) is 0 Å². The predicted molar refractivity (Wildman–Crippen MR) is 36.9 cm³/mol. The van der Waals surface area contributed by atoms with E-state index >= 15 is 0 Å². The van der Waals surface area contributed by atoms with Gasteiger partial charge in [-0.1, -0.05) is 0 Å². The topological polar surface area (TPSA) is 37.3 Å². The number of carbonyl (C=O) groups is 1. The van der Waals surface area contributed by atoms with Gasteiger partial charge in [-0.25, -0.2) is 0 Å². The van der Waals surface area contributed by atoms with Crippen LogP contribution in [-0.4, -0.2) is 39.0 Å². The Morgan fingerprint density at radius 2 is 1.71 bits per heavy atom. The van der Waals surface area contributed by atoms with Crippen LogP contribution in [0.3, 0.4) is 0 Å². The quantitative estimate of drug-likeness (QED) is 0.668. The molecule has 0 fully saturated rings. The maximum absolute atomic E-state index is 9.00. The third-order valence-electron chi connectivity index (χ3n) is 0. The van der Waals surface area contributed by atoms with Gasteiger partial charge in [0, 0.05) is 6.92 Å². The molecule has 0 spiro atoms. The summed E-state index contributed by atoms with van der Waals surface area (Å²) < 4.78 is 0. The van der Waals surface area contributed by atoms with Crippen LogP contribution in [0.5, 0.6) is 0 Å². The molecule has 0 bridgehead atoms. The molecule has 0 aromatic rings.